The highest BCUT2D eigenvalue weighted by Gasteiger charge is 2.24. The van der Waals surface area contributed by atoms with Crippen molar-refractivity contribution in [3.8, 4) is 0 Å². The van der Waals surface area contributed by atoms with Crippen LogP contribution >= 0.6 is 28.3 Å². The first kappa shape index (κ1) is 16.5. The van der Waals surface area contributed by atoms with Crippen molar-refractivity contribution in [2.24, 2.45) is 0 Å². The van der Waals surface area contributed by atoms with Gasteiger partial charge in [0.05, 0.1) is 6.04 Å². The fourth-order valence-corrected chi connectivity index (χ4v) is 3.03. The molecule has 0 fully saturated rings. The Morgan fingerprint density at radius 1 is 1.47 bits per heavy atom. The van der Waals surface area contributed by atoms with Gasteiger partial charge in [-0.3, -0.25) is 4.79 Å². The Morgan fingerprint density at radius 2 is 2.26 bits per heavy atom. The molecule has 0 heterocycles. The first-order valence-corrected chi connectivity index (χ1v) is 7.23. The van der Waals surface area contributed by atoms with Crippen LogP contribution in [0, 0.1) is 0 Å². The van der Waals surface area contributed by atoms with Gasteiger partial charge in [0.2, 0.25) is 5.91 Å². The lowest BCUT2D eigenvalue weighted by Crippen LogP contribution is -2.27. The molecular weight excluding hydrogens is 328 g/mol. The van der Waals surface area contributed by atoms with Gasteiger partial charge in [-0.2, -0.15) is 0 Å². The molecule has 0 spiro atoms. The molecule has 1 aromatic carbocycles. The van der Waals surface area contributed by atoms with Gasteiger partial charge in [-0.15, -0.1) is 12.4 Å². The van der Waals surface area contributed by atoms with Crippen LogP contribution in [-0.4, -0.2) is 19.5 Å². The maximum atomic E-state index is 11.8. The molecule has 0 saturated carbocycles. The van der Waals surface area contributed by atoms with Crippen LogP contribution in [0.2, 0.25) is 0 Å². The van der Waals surface area contributed by atoms with E-state index < -0.39 is 0 Å². The van der Waals surface area contributed by atoms with Crippen LogP contribution in [0.25, 0.3) is 0 Å². The van der Waals surface area contributed by atoms with Crippen LogP contribution in [0.5, 0.6) is 0 Å². The third kappa shape index (κ3) is 4.20. The summed E-state index contributed by atoms with van der Waals surface area (Å²) in [5, 5.41) is 6.19. The highest BCUT2D eigenvalue weighted by molar-refractivity contribution is 9.10. The average molecular weight is 348 g/mol. The van der Waals surface area contributed by atoms with Crippen LogP contribution in [0.3, 0.4) is 0 Å². The monoisotopic (exact) mass is 346 g/mol. The highest BCUT2D eigenvalue weighted by Crippen LogP contribution is 2.35. The van der Waals surface area contributed by atoms with E-state index in [1.807, 2.05) is 13.1 Å². The summed E-state index contributed by atoms with van der Waals surface area (Å²) >= 11 is 3.57. The van der Waals surface area contributed by atoms with E-state index in [9.17, 15) is 4.79 Å². The van der Waals surface area contributed by atoms with E-state index >= 15 is 0 Å². The van der Waals surface area contributed by atoms with Crippen LogP contribution in [0.1, 0.15) is 36.4 Å². The zero-order valence-electron chi connectivity index (χ0n) is 11.0. The van der Waals surface area contributed by atoms with Crippen molar-refractivity contribution in [3.63, 3.8) is 0 Å². The smallest absolute Gasteiger partial charge is 0.220 e. The molecule has 3 nitrogen and oxygen atoms in total. The van der Waals surface area contributed by atoms with E-state index in [2.05, 4.69) is 38.7 Å². The van der Waals surface area contributed by atoms with Crippen LogP contribution < -0.4 is 10.6 Å². The number of carbonyl (C=O) groups excluding carboxylic acids is 1. The molecule has 1 aliphatic carbocycles. The van der Waals surface area contributed by atoms with Crippen LogP contribution in [0.15, 0.2) is 22.7 Å². The van der Waals surface area contributed by atoms with Gasteiger partial charge in [0, 0.05) is 10.9 Å². The van der Waals surface area contributed by atoms with Crippen molar-refractivity contribution in [3.05, 3.63) is 33.8 Å². The number of halogens is 2. The molecule has 2 N–H and O–H groups in total. The number of rotatable bonds is 5. The largest absolute Gasteiger partial charge is 0.349 e. The third-order valence-electron chi connectivity index (χ3n) is 3.38. The third-order valence-corrected chi connectivity index (χ3v) is 4.12. The first-order valence-electron chi connectivity index (χ1n) is 6.43. The fraction of sp³-hybridized carbons (Fsp3) is 0.500. The molecule has 1 amide bonds. The van der Waals surface area contributed by atoms with E-state index in [1.165, 1.54) is 11.1 Å². The molecule has 1 atom stereocenters. The van der Waals surface area contributed by atoms with Gasteiger partial charge in [-0.25, -0.2) is 0 Å². The van der Waals surface area contributed by atoms with Crippen molar-refractivity contribution in [2.45, 2.75) is 31.7 Å². The van der Waals surface area contributed by atoms with Gasteiger partial charge in [-0.05, 0) is 50.0 Å². The number of nitrogens with one attached hydrogen (secondary N) is 2. The summed E-state index contributed by atoms with van der Waals surface area (Å²) in [4.78, 5) is 11.8. The molecule has 2 rings (SSSR count). The Balaban J connectivity index is 0.00000180. The zero-order valence-corrected chi connectivity index (χ0v) is 13.4. The van der Waals surface area contributed by atoms with Gasteiger partial charge in [-0.1, -0.05) is 28.1 Å². The minimum Gasteiger partial charge on any atom is -0.349 e. The lowest BCUT2D eigenvalue weighted by Gasteiger charge is -2.14. The van der Waals surface area contributed by atoms with Crippen LogP contribution in [-0.2, 0) is 11.2 Å². The standard InChI is InChI=1S/C14H19BrN2O.ClH/c1-16-9-3-6-14(18)17-13-8-7-10-11(13)4-2-5-12(10)15;/h2,4-5,13,16H,3,6-9H2,1H3,(H,17,18);1H. The second-order valence-electron chi connectivity index (χ2n) is 4.67. The Bertz CT molecular complexity index is 439. The Labute approximate surface area is 129 Å². The fourth-order valence-electron chi connectivity index (χ4n) is 2.45. The van der Waals surface area contributed by atoms with Gasteiger partial charge in [0.1, 0.15) is 0 Å². The summed E-state index contributed by atoms with van der Waals surface area (Å²) in [7, 11) is 1.91. The number of hydrogen-bond acceptors (Lipinski definition) is 2. The van der Waals surface area contributed by atoms with Crippen molar-refractivity contribution >= 4 is 34.2 Å². The van der Waals surface area contributed by atoms with E-state index in [-0.39, 0.29) is 24.4 Å². The predicted octanol–water partition coefficient (Wildman–Crippen LogP) is 2.97. The van der Waals surface area contributed by atoms with Gasteiger partial charge < -0.3 is 10.6 Å². The van der Waals surface area contributed by atoms with Crippen molar-refractivity contribution in [2.75, 3.05) is 13.6 Å². The van der Waals surface area contributed by atoms with Crippen molar-refractivity contribution in [1.82, 2.24) is 10.6 Å². The summed E-state index contributed by atoms with van der Waals surface area (Å²) in [5.41, 5.74) is 2.62. The molecule has 0 radical (unpaired) electrons. The molecule has 1 unspecified atom stereocenters. The molecule has 0 bridgehead atoms. The SMILES string of the molecule is CNCCCC(=O)NC1CCc2c(Br)cccc21.Cl. The molecule has 0 aromatic heterocycles. The minimum atomic E-state index is 0. The lowest BCUT2D eigenvalue weighted by atomic mass is 10.1. The Hall–Kier alpha value is -0.580. The van der Waals surface area contributed by atoms with E-state index in [4.69, 9.17) is 0 Å². The average Bonchev–Trinajstić information content (AvgIpc) is 2.74. The normalized spacial score (nSPS) is 16.6. The maximum absolute atomic E-state index is 11.8. The molecule has 5 heteroatoms. The highest BCUT2D eigenvalue weighted by atomic mass is 79.9. The van der Waals surface area contributed by atoms with Gasteiger partial charge >= 0.3 is 0 Å². The Kier molecular flexibility index (Phi) is 6.83. The maximum Gasteiger partial charge on any atom is 0.220 e. The quantitative estimate of drug-likeness (QED) is 0.804. The van der Waals surface area contributed by atoms with E-state index in [0.717, 1.165) is 30.3 Å². The van der Waals surface area contributed by atoms with E-state index in [1.54, 1.807) is 0 Å². The second kappa shape index (κ2) is 7.88. The zero-order chi connectivity index (χ0) is 13.0. The summed E-state index contributed by atoms with van der Waals surface area (Å²) in [6.45, 7) is 0.889. The second-order valence-corrected chi connectivity index (χ2v) is 5.53. The molecule has 106 valence electrons. The molecule has 0 aliphatic heterocycles. The number of hydrogen-bond donors (Lipinski definition) is 2. The number of fused-ring (bicyclic) bond motifs is 1. The summed E-state index contributed by atoms with van der Waals surface area (Å²) < 4.78 is 1.16. The molecule has 1 aromatic rings. The van der Waals surface area contributed by atoms with Gasteiger partial charge in [0.25, 0.3) is 0 Å². The minimum absolute atomic E-state index is 0. The molecule has 1 aliphatic rings. The topological polar surface area (TPSA) is 41.1 Å². The first-order chi connectivity index (χ1) is 8.72. The summed E-state index contributed by atoms with van der Waals surface area (Å²) in [6, 6.07) is 6.41. The molecular formula is C14H20BrClN2O. The van der Waals surface area contributed by atoms with Crippen LogP contribution in [0.4, 0.5) is 0 Å². The number of carbonyl (C=O) groups is 1. The molecule has 19 heavy (non-hydrogen) atoms. The van der Waals surface area contributed by atoms with Crippen molar-refractivity contribution in [1.29, 1.82) is 0 Å². The summed E-state index contributed by atoms with van der Waals surface area (Å²) in [5.74, 6) is 0.156. The number of amides is 1. The Morgan fingerprint density at radius 3 is 3.00 bits per heavy atom. The molecule has 0 saturated heterocycles. The lowest BCUT2D eigenvalue weighted by molar-refractivity contribution is -0.121. The summed E-state index contributed by atoms with van der Waals surface area (Å²) in [6.07, 6.45) is 3.54. The predicted molar refractivity (Wildman–Crippen MR) is 83.8 cm³/mol. The van der Waals surface area contributed by atoms with Crippen molar-refractivity contribution < 1.29 is 4.79 Å². The van der Waals surface area contributed by atoms with Gasteiger partial charge in [0.15, 0.2) is 0 Å². The number of benzene rings is 1. The van der Waals surface area contributed by atoms with E-state index in [0.29, 0.717) is 6.42 Å².